The molecule has 1 aliphatic rings. The first-order chi connectivity index (χ1) is 10.3. The van der Waals surface area contributed by atoms with Crippen molar-refractivity contribution >= 4 is 16.3 Å². The maximum Gasteiger partial charge on any atom is 0.193 e. The molecule has 6 heteroatoms. The fraction of sp³-hybridized carbons (Fsp3) is 0.667. The van der Waals surface area contributed by atoms with Gasteiger partial charge in [0.1, 0.15) is 0 Å². The Balaban J connectivity index is 1.80. The van der Waals surface area contributed by atoms with Crippen LogP contribution in [0.25, 0.3) is 4.96 Å². The van der Waals surface area contributed by atoms with E-state index in [0.29, 0.717) is 0 Å². The summed E-state index contributed by atoms with van der Waals surface area (Å²) in [5.41, 5.74) is 3.92. The predicted octanol–water partition coefficient (Wildman–Crippen LogP) is 2.51. The Hall–Kier alpha value is -0.950. The Bertz CT molecular complexity index is 542. The maximum atomic E-state index is 5.97. The molecule has 5 nitrogen and oxygen atoms in total. The van der Waals surface area contributed by atoms with Gasteiger partial charge < -0.3 is 4.74 Å². The summed E-state index contributed by atoms with van der Waals surface area (Å²) in [4.78, 5) is 5.71. The minimum Gasteiger partial charge on any atom is -0.377 e. The van der Waals surface area contributed by atoms with Crippen molar-refractivity contribution in [2.45, 2.75) is 56.6 Å². The molecule has 1 aliphatic carbocycles. The molecule has 0 radical (unpaired) electrons. The lowest BCUT2D eigenvalue weighted by atomic mass is 9.84. The second-order valence-electron chi connectivity index (χ2n) is 5.93. The monoisotopic (exact) mass is 308 g/mol. The molecular weight excluding hydrogens is 284 g/mol. The van der Waals surface area contributed by atoms with Gasteiger partial charge in [0.25, 0.3) is 0 Å². The molecule has 116 valence electrons. The SMILES string of the molecule is COC1(C(Cc2cn3ccsc3n2)NN)CCCCCC1. The molecule has 2 heterocycles. The summed E-state index contributed by atoms with van der Waals surface area (Å²) in [7, 11) is 1.82. The van der Waals surface area contributed by atoms with Crippen molar-refractivity contribution in [3.63, 3.8) is 0 Å². The molecule has 0 saturated heterocycles. The van der Waals surface area contributed by atoms with Gasteiger partial charge in [0.05, 0.1) is 17.3 Å². The summed E-state index contributed by atoms with van der Waals surface area (Å²) in [5.74, 6) is 5.87. The van der Waals surface area contributed by atoms with Gasteiger partial charge in [0, 0.05) is 31.3 Å². The van der Waals surface area contributed by atoms with Crippen molar-refractivity contribution in [3.8, 4) is 0 Å². The number of rotatable bonds is 5. The first-order valence-corrected chi connectivity index (χ1v) is 8.58. The van der Waals surface area contributed by atoms with Crippen LogP contribution in [0.15, 0.2) is 17.8 Å². The van der Waals surface area contributed by atoms with E-state index in [0.717, 1.165) is 29.9 Å². The molecule has 1 atom stereocenters. The molecule has 2 aromatic heterocycles. The number of nitrogens with two attached hydrogens (primary N) is 1. The van der Waals surface area contributed by atoms with E-state index in [9.17, 15) is 0 Å². The van der Waals surface area contributed by atoms with Gasteiger partial charge in [-0.1, -0.05) is 25.7 Å². The van der Waals surface area contributed by atoms with Crippen LogP contribution in [0.1, 0.15) is 44.2 Å². The van der Waals surface area contributed by atoms with Crippen LogP contribution in [-0.2, 0) is 11.2 Å². The number of fused-ring (bicyclic) bond motifs is 1. The first kappa shape index (κ1) is 15.0. The zero-order valence-corrected chi connectivity index (χ0v) is 13.4. The van der Waals surface area contributed by atoms with Crippen LogP contribution < -0.4 is 11.3 Å². The van der Waals surface area contributed by atoms with Crippen LogP contribution in [0.2, 0.25) is 0 Å². The van der Waals surface area contributed by atoms with E-state index in [4.69, 9.17) is 10.6 Å². The maximum absolute atomic E-state index is 5.97. The van der Waals surface area contributed by atoms with Gasteiger partial charge in [-0.25, -0.2) is 4.98 Å². The quantitative estimate of drug-likeness (QED) is 0.506. The Morgan fingerprint density at radius 2 is 2.19 bits per heavy atom. The third kappa shape index (κ3) is 2.99. The van der Waals surface area contributed by atoms with Crippen molar-refractivity contribution < 1.29 is 4.74 Å². The van der Waals surface area contributed by atoms with E-state index in [1.807, 2.05) is 18.7 Å². The third-order valence-corrected chi connectivity index (χ3v) is 5.52. The Kier molecular flexibility index (Phi) is 4.59. The van der Waals surface area contributed by atoms with Crippen LogP contribution in [0.3, 0.4) is 0 Å². The lowest BCUT2D eigenvalue weighted by Crippen LogP contribution is -2.55. The smallest absolute Gasteiger partial charge is 0.193 e. The number of nitrogens with zero attached hydrogens (tertiary/aromatic N) is 2. The largest absolute Gasteiger partial charge is 0.377 e. The van der Waals surface area contributed by atoms with Gasteiger partial charge in [-0.2, -0.15) is 0 Å². The lowest BCUT2D eigenvalue weighted by molar-refractivity contribution is -0.0529. The van der Waals surface area contributed by atoms with Crippen LogP contribution in [0.4, 0.5) is 0 Å². The molecule has 0 amide bonds. The van der Waals surface area contributed by atoms with Crippen molar-refractivity contribution in [1.82, 2.24) is 14.8 Å². The molecule has 0 aromatic carbocycles. The Labute approximate surface area is 129 Å². The average Bonchev–Trinajstić information content (AvgIpc) is 2.98. The lowest BCUT2D eigenvalue weighted by Gasteiger charge is -2.38. The normalized spacial score (nSPS) is 20.5. The molecule has 0 aliphatic heterocycles. The van der Waals surface area contributed by atoms with Gasteiger partial charge in [0.2, 0.25) is 0 Å². The summed E-state index contributed by atoms with van der Waals surface area (Å²) in [6.07, 6.45) is 12.1. The molecular formula is C15H24N4OS. The highest BCUT2D eigenvalue weighted by molar-refractivity contribution is 7.15. The molecule has 0 bridgehead atoms. The number of hydrogen-bond donors (Lipinski definition) is 2. The zero-order valence-electron chi connectivity index (χ0n) is 12.5. The minimum atomic E-state index is -0.164. The van der Waals surface area contributed by atoms with E-state index in [1.165, 1.54) is 25.7 Å². The molecule has 3 rings (SSSR count). The van der Waals surface area contributed by atoms with Gasteiger partial charge in [0.15, 0.2) is 4.96 Å². The first-order valence-electron chi connectivity index (χ1n) is 7.70. The highest BCUT2D eigenvalue weighted by Gasteiger charge is 2.39. The van der Waals surface area contributed by atoms with Crippen molar-refractivity contribution in [3.05, 3.63) is 23.5 Å². The van der Waals surface area contributed by atoms with Crippen LogP contribution >= 0.6 is 11.3 Å². The number of nitrogens with one attached hydrogen (secondary N) is 1. The van der Waals surface area contributed by atoms with Gasteiger partial charge >= 0.3 is 0 Å². The van der Waals surface area contributed by atoms with Crippen molar-refractivity contribution in [1.29, 1.82) is 0 Å². The van der Waals surface area contributed by atoms with Crippen molar-refractivity contribution in [2.24, 2.45) is 5.84 Å². The van der Waals surface area contributed by atoms with Gasteiger partial charge in [-0.05, 0) is 12.8 Å². The zero-order chi connectivity index (χ0) is 14.7. The average molecular weight is 308 g/mol. The van der Waals surface area contributed by atoms with E-state index in [-0.39, 0.29) is 11.6 Å². The predicted molar refractivity (Wildman–Crippen MR) is 85.3 cm³/mol. The number of aromatic nitrogens is 2. The number of ether oxygens (including phenoxy) is 1. The number of hydrazine groups is 1. The molecule has 1 saturated carbocycles. The van der Waals surface area contributed by atoms with E-state index in [2.05, 4.69) is 21.0 Å². The minimum absolute atomic E-state index is 0.102. The number of thiazole rings is 1. The second-order valence-corrected chi connectivity index (χ2v) is 6.80. The topological polar surface area (TPSA) is 64.6 Å². The van der Waals surface area contributed by atoms with E-state index in [1.54, 1.807) is 11.3 Å². The van der Waals surface area contributed by atoms with Crippen molar-refractivity contribution in [2.75, 3.05) is 7.11 Å². The standard InChI is InChI=1S/C15H24N4OS/c1-20-15(6-4-2-3-5-7-15)13(18-16)10-12-11-19-8-9-21-14(19)17-12/h8-9,11,13,18H,2-7,10,16H2,1H3. The summed E-state index contributed by atoms with van der Waals surface area (Å²) in [6.45, 7) is 0. The summed E-state index contributed by atoms with van der Waals surface area (Å²) in [5, 5.41) is 2.05. The molecule has 1 unspecified atom stereocenters. The Morgan fingerprint density at radius 3 is 2.81 bits per heavy atom. The van der Waals surface area contributed by atoms with Gasteiger partial charge in [-0.3, -0.25) is 15.7 Å². The van der Waals surface area contributed by atoms with E-state index >= 15 is 0 Å². The van der Waals surface area contributed by atoms with Crippen LogP contribution in [0.5, 0.6) is 0 Å². The van der Waals surface area contributed by atoms with Crippen LogP contribution in [0, 0.1) is 0 Å². The van der Waals surface area contributed by atoms with Crippen LogP contribution in [-0.4, -0.2) is 28.1 Å². The number of imidazole rings is 1. The fourth-order valence-electron chi connectivity index (χ4n) is 3.50. The Morgan fingerprint density at radius 1 is 1.43 bits per heavy atom. The molecule has 21 heavy (non-hydrogen) atoms. The summed E-state index contributed by atoms with van der Waals surface area (Å²) >= 11 is 1.66. The second kappa shape index (κ2) is 6.44. The molecule has 3 N–H and O–H groups in total. The third-order valence-electron chi connectivity index (χ3n) is 4.75. The number of hydrogen-bond acceptors (Lipinski definition) is 5. The van der Waals surface area contributed by atoms with E-state index < -0.39 is 0 Å². The molecule has 1 fully saturated rings. The summed E-state index contributed by atoms with van der Waals surface area (Å²) in [6, 6.07) is 0.102. The molecule has 0 spiro atoms. The molecule has 2 aromatic rings. The van der Waals surface area contributed by atoms with Gasteiger partial charge in [-0.15, -0.1) is 11.3 Å². The summed E-state index contributed by atoms with van der Waals surface area (Å²) < 4.78 is 8.03. The highest BCUT2D eigenvalue weighted by Crippen LogP contribution is 2.34. The fourth-order valence-corrected chi connectivity index (χ4v) is 4.22. The number of methoxy groups -OCH3 is 1. The highest BCUT2D eigenvalue weighted by atomic mass is 32.1.